The maximum atomic E-state index is 6.41. The minimum Gasteiger partial charge on any atom is -0.382 e. The van der Waals surface area contributed by atoms with Crippen LogP contribution in [-0.2, 0) is 67.7 Å². The Morgan fingerprint density at radius 2 is 0.352 bits per heavy atom. The van der Waals surface area contributed by atoms with Crippen LogP contribution in [0.5, 0.6) is 0 Å². The van der Waals surface area contributed by atoms with Gasteiger partial charge in [0.05, 0.1) is 106 Å². The summed E-state index contributed by atoms with van der Waals surface area (Å²) in [7, 11) is 6.73. The first-order valence-electron chi connectivity index (χ1n) is 41.6. The Morgan fingerprint density at radius 3 is 0.541 bits per heavy atom. The average molecular weight is 1900 g/mol. The lowest BCUT2D eigenvalue weighted by atomic mass is 9.73. The molecule has 0 bridgehead atoms. The molecule has 0 saturated carbocycles. The molecule has 0 unspecified atom stereocenters. The van der Waals surface area contributed by atoms with Crippen LogP contribution in [0.3, 0.4) is 0 Å². The van der Waals surface area contributed by atoms with Crippen LogP contribution in [0.25, 0.3) is 22.3 Å². The van der Waals surface area contributed by atoms with Gasteiger partial charge in [-0.15, -0.1) is 0 Å². The molecule has 0 atom stereocenters. The van der Waals surface area contributed by atoms with Gasteiger partial charge >= 0.3 is 0 Å². The van der Waals surface area contributed by atoms with Crippen molar-refractivity contribution < 1.29 is 56.8 Å². The molecule has 122 heavy (non-hydrogen) atoms. The van der Waals surface area contributed by atoms with Crippen LogP contribution in [-0.4, -0.2) is 161 Å². The molecule has 0 fully saturated rings. The summed E-state index contributed by atoms with van der Waals surface area (Å²) in [4.78, 5) is 9.33. The molecule has 636 valence electrons. The van der Waals surface area contributed by atoms with Crippen molar-refractivity contribution in [2.75, 3.05) is 180 Å². The first kappa shape index (κ1) is 91.0. The number of methoxy groups -OCH3 is 4. The molecule has 20 heteroatoms. The van der Waals surface area contributed by atoms with Crippen LogP contribution in [0.1, 0.15) is 47.9 Å². The van der Waals surface area contributed by atoms with Crippen LogP contribution in [0, 0.1) is 0 Å². The Bertz CT molecular complexity index is 4640. The normalized spacial score (nSPS) is 12.6. The van der Waals surface area contributed by atoms with Gasteiger partial charge in [0.2, 0.25) is 0 Å². The zero-order chi connectivity index (χ0) is 84.6. The average Bonchev–Trinajstić information content (AvgIpc) is 1.56. The molecule has 0 N–H and O–H groups in total. The van der Waals surface area contributed by atoms with Crippen LogP contribution >= 0.6 is 63.7 Å². The molecule has 12 aromatic rings. The van der Waals surface area contributed by atoms with Crippen molar-refractivity contribution in [3.63, 3.8) is 0 Å². The predicted octanol–water partition coefficient (Wildman–Crippen LogP) is 25.1. The van der Waals surface area contributed by atoms with E-state index < -0.39 is 10.8 Å². The van der Waals surface area contributed by atoms with Gasteiger partial charge < -0.3 is 76.4 Å². The summed E-state index contributed by atoms with van der Waals surface area (Å²) in [6.45, 7) is 10.5. The number of anilines is 12. The second-order valence-electron chi connectivity index (χ2n) is 29.5. The van der Waals surface area contributed by atoms with Gasteiger partial charge in [-0.3, -0.25) is 0 Å². The first-order valence-corrected chi connectivity index (χ1v) is 44.8. The number of nitrogens with zero attached hydrogens (tertiary/aromatic N) is 4. The highest BCUT2D eigenvalue weighted by atomic mass is 79.9. The van der Waals surface area contributed by atoms with Crippen molar-refractivity contribution >= 4 is 132 Å². The third-order valence-corrected chi connectivity index (χ3v) is 24.1. The van der Waals surface area contributed by atoms with Gasteiger partial charge in [0.1, 0.15) is 0 Å². The molecule has 0 amide bonds. The van der Waals surface area contributed by atoms with Gasteiger partial charge in [0.25, 0.3) is 0 Å². The van der Waals surface area contributed by atoms with Gasteiger partial charge in [-0.05, 0) is 264 Å². The van der Waals surface area contributed by atoms with Crippen molar-refractivity contribution in [3.8, 4) is 22.3 Å². The van der Waals surface area contributed by atoms with Crippen LogP contribution in [0.2, 0.25) is 0 Å². The van der Waals surface area contributed by atoms with Crippen molar-refractivity contribution in [1.29, 1.82) is 0 Å². The Morgan fingerprint density at radius 1 is 0.189 bits per heavy atom. The lowest BCUT2D eigenvalue weighted by Gasteiger charge is -2.34. The summed E-state index contributed by atoms with van der Waals surface area (Å²) in [6, 6.07) is 104. The summed E-state index contributed by atoms with van der Waals surface area (Å²) in [5.74, 6) is 0. The molecular formula is C102H108Br4N4O12. The Hall–Kier alpha value is -8.72. The number of hydrogen-bond acceptors (Lipinski definition) is 16. The zero-order valence-electron chi connectivity index (χ0n) is 69.9. The largest absolute Gasteiger partial charge is 0.382 e. The molecule has 0 heterocycles. The third kappa shape index (κ3) is 23.6. The number of rotatable bonds is 48. The number of para-hydroxylation sites is 4. The van der Waals surface area contributed by atoms with E-state index in [-0.39, 0.29) is 0 Å². The maximum Gasteiger partial charge on any atom is 0.0701 e. The van der Waals surface area contributed by atoms with E-state index in [4.69, 9.17) is 56.8 Å². The van der Waals surface area contributed by atoms with Crippen molar-refractivity contribution in [3.05, 3.63) is 331 Å². The smallest absolute Gasteiger partial charge is 0.0701 e. The number of ether oxygens (including phenoxy) is 12. The van der Waals surface area contributed by atoms with E-state index in [0.717, 1.165) is 112 Å². The SMILES string of the molecule is COCCOCCOCCC1(CCOCCOCCOC)c2cc(N(c3ccc(Br)cc3)c3ccc(Br)cc3)ccc2-c2ccc(N(c3ccc(Br)cc3)c3ccc(Br)cc3)cc21.COCCOCCOCCC1(CCOCCOCCOC)c2cc(N(c3ccccc3)c3ccccc3)ccc2-c2ccc(N(c3ccccc3)c3ccccc3)cc21. The van der Waals surface area contributed by atoms with Gasteiger partial charge in [0, 0.05) is 152 Å². The Kier molecular flexibility index (Phi) is 35.3. The molecule has 2 aliphatic carbocycles. The van der Waals surface area contributed by atoms with Crippen molar-refractivity contribution in [1.82, 2.24) is 0 Å². The molecule has 12 aromatic carbocycles. The summed E-state index contributed by atoms with van der Waals surface area (Å²) >= 11 is 14.6. The second kappa shape index (κ2) is 47.4. The molecule has 0 radical (unpaired) electrons. The lowest BCUT2D eigenvalue weighted by molar-refractivity contribution is 0.0145. The summed E-state index contributed by atoms with van der Waals surface area (Å²) in [5, 5.41) is 0. The van der Waals surface area contributed by atoms with E-state index in [1.807, 2.05) is 0 Å². The molecule has 0 saturated heterocycles. The predicted molar refractivity (Wildman–Crippen MR) is 507 cm³/mol. The van der Waals surface area contributed by atoms with Crippen molar-refractivity contribution in [2.45, 2.75) is 36.5 Å². The lowest BCUT2D eigenvalue weighted by Crippen LogP contribution is -2.30. The third-order valence-electron chi connectivity index (χ3n) is 22.0. The fraction of sp³-hybridized carbons (Fsp3) is 0.294. The monoisotopic (exact) mass is 1900 g/mol. The van der Waals surface area contributed by atoms with Gasteiger partial charge in [-0.25, -0.2) is 0 Å². The number of benzene rings is 12. The molecule has 0 aliphatic heterocycles. The van der Waals surface area contributed by atoms with Crippen LogP contribution in [0.15, 0.2) is 309 Å². The molecule has 0 aromatic heterocycles. The van der Waals surface area contributed by atoms with Gasteiger partial charge in [-0.1, -0.05) is 161 Å². The van der Waals surface area contributed by atoms with Crippen LogP contribution < -0.4 is 19.6 Å². The van der Waals surface area contributed by atoms with E-state index in [2.05, 4.69) is 375 Å². The van der Waals surface area contributed by atoms with E-state index in [0.29, 0.717) is 132 Å². The highest BCUT2D eigenvalue weighted by Gasteiger charge is 2.46. The maximum absolute atomic E-state index is 6.41. The summed E-state index contributed by atoms with van der Waals surface area (Å²) in [5.41, 5.74) is 21.8. The quantitative estimate of drug-likeness (QED) is 0.0336. The Balaban J connectivity index is 0.000000211. The van der Waals surface area contributed by atoms with E-state index in [9.17, 15) is 0 Å². The summed E-state index contributed by atoms with van der Waals surface area (Å²) in [6.07, 6.45) is 2.94. The highest BCUT2D eigenvalue weighted by molar-refractivity contribution is 9.11. The van der Waals surface area contributed by atoms with Crippen molar-refractivity contribution in [2.24, 2.45) is 0 Å². The zero-order valence-corrected chi connectivity index (χ0v) is 76.2. The fourth-order valence-electron chi connectivity index (χ4n) is 16.1. The number of halogens is 4. The standard InChI is InChI=1S/C51H52Br4N2O6.C51H56N2O6/c1-58-27-29-62-33-31-60-25-23-51(24-26-61-32-34-63-30-28-59-2)49-35-45(56(41-11-3-37(52)4-12-41)42-13-5-38(53)6-14-42)19-21-47(49)48-22-20-46(36-50(48)51)57(43-15-7-39(54)8-16-43)44-17-9-40(55)10-18-44;1-54-31-33-58-37-35-56-29-27-51(28-30-57-36-38-59-34-32-55-2)49-39-45(52(41-15-7-3-8-16-41)42-17-9-4-10-18-42)23-25-47(49)48-26-24-46(40-50(48)51)53(43-19-11-5-12-20-43)44-21-13-6-14-22-44/h3-22,35-36H,23-34H2,1-2H3;3-26,39-40H,27-38H2,1-2H3. The molecule has 0 spiro atoms. The van der Waals surface area contributed by atoms with Gasteiger partial charge in [-0.2, -0.15) is 0 Å². The van der Waals surface area contributed by atoms with Gasteiger partial charge in [0.15, 0.2) is 0 Å². The minimum atomic E-state index is -0.485. The Labute approximate surface area is 753 Å². The molecule has 16 nitrogen and oxygen atoms in total. The number of fused-ring (bicyclic) bond motifs is 6. The van der Waals surface area contributed by atoms with Crippen LogP contribution in [0.4, 0.5) is 68.2 Å². The van der Waals surface area contributed by atoms with E-state index >= 15 is 0 Å². The van der Waals surface area contributed by atoms with E-state index in [1.165, 1.54) is 44.5 Å². The topological polar surface area (TPSA) is 124 Å². The van der Waals surface area contributed by atoms with E-state index in [1.54, 1.807) is 28.4 Å². The molecule has 2 aliphatic rings. The summed E-state index contributed by atoms with van der Waals surface area (Å²) < 4.78 is 73.5. The fourth-order valence-corrected chi connectivity index (χ4v) is 17.2. The highest BCUT2D eigenvalue weighted by Crippen LogP contribution is 2.58. The molecule has 14 rings (SSSR count). The number of hydrogen-bond donors (Lipinski definition) is 0. The minimum absolute atomic E-state index is 0.442. The second-order valence-corrected chi connectivity index (χ2v) is 33.2. The molecular weight excluding hydrogens is 1790 g/mol. The first-order chi connectivity index (χ1) is 60.0.